The second-order valence-corrected chi connectivity index (χ2v) is 4.61. The number of benzene rings is 1. The van der Waals surface area contributed by atoms with Gasteiger partial charge in [0.25, 0.3) is 0 Å². The lowest BCUT2D eigenvalue weighted by molar-refractivity contribution is 0.624. The quantitative estimate of drug-likeness (QED) is 0.694. The van der Waals surface area contributed by atoms with Crippen molar-refractivity contribution >= 4 is 33.6 Å². The van der Waals surface area contributed by atoms with Gasteiger partial charge in [-0.15, -0.1) is 0 Å². The molecule has 82 valence electrons. The summed E-state index contributed by atoms with van der Waals surface area (Å²) in [5.41, 5.74) is 1.60. The van der Waals surface area contributed by atoms with E-state index in [0.29, 0.717) is 16.5 Å². The van der Waals surface area contributed by atoms with E-state index in [1.165, 1.54) is 6.07 Å². The van der Waals surface area contributed by atoms with Crippen LogP contribution in [0.1, 0.15) is 19.4 Å². The largest absolute Gasteiger partial charge is 0.206 e. The summed E-state index contributed by atoms with van der Waals surface area (Å²) in [6.07, 6.45) is 1.82. The van der Waals surface area contributed by atoms with E-state index >= 15 is 0 Å². The van der Waals surface area contributed by atoms with Crippen LogP contribution >= 0.6 is 27.5 Å². The highest BCUT2D eigenvalue weighted by molar-refractivity contribution is 9.09. The van der Waals surface area contributed by atoms with Crippen molar-refractivity contribution in [1.29, 1.82) is 0 Å². The molecule has 0 amide bonds. The monoisotopic (exact) mass is 290 g/mol. The summed E-state index contributed by atoms with van der Waals surface area (Å²) < 4.78 is 13.5. The highest BCUT2D eigenvalue weighted by Gasteiger charge is 2.07. The van der Waals surface area contributed by atoms with E-state index in [1.807, 2.05) is 6.08 Å². The van der Waals surface area contributed by atoms with Crippen molar-refractivity contribution in [2.75, 3.05) is 5.33 Å². The first-order valence-electron chi connectivity index (χ1n) is 4.76. The Morgan fingerprint density at radius 1 is 1.53 bits per heavy atom. The molecule has 3 heteroatoms. The Balaban J connectivity index is 3.16. The fourth-order valence-electron chi connectivity index (χ4n) is 1.19. The summed E-state index contributed by atoms with van der Waals surface area (Å²) in [4.78, 5) is 0. The molecule has 1 rings (SSSR count). The van der Waals surface area contributed by atoms with Gasteiger partial charge in [-0.1, -0.05) is 59.1 Å². The van der Waals surface area contributed by atoms with E-state index in [9.17, 15) is 4.39 Å². The highest BCUT2D eigenvalue weighted by Crippen LogP contribution is 2.24. The summed E-state index contributed by atoms with van der Waals surface area (Å²) in [6, 6.07) is 4.73. The third-order valence-corrected chi connectivity index (χ3v) is 3.20. The van der Waals surface area contributed by atoms with E-state index in [-0.39, 0.29) is 5.82 Å². The first-order valence-corrected chi connectivity index (χ1v) is 6.26. The maximum Gasteiger partial charge on any atom is 0.131 e. The molecule has 0 spiro atoms. The van der Waals surface area contributed by atoms with Crippen molar-refractivity contribution in [2.45, 2.75) is 13.8 Å². The number of hydrogen-bond acceptors (Lipinski definition) is 0. The Hall–Kier alpha value is -0.340. The lowest BCUT2D eigenvalue weighted by Gasteiger charge is -2.09. The van der Waals surface area contributed by atoms with Gasteiger partial charge in [-0.25, -0.2) is 4.39 Å². The lowest BCUT2D eigenvalue weighted by atomic mass is 10.0. The second kappa shape index (κ2) is 5.66. The van der Waals surface area contributed by atoms with Crippen LogP contribution in [0.5, 0.6) is 0 Å². The predicted molar refractivity (Wildman–Crippen MR) is 68.0 cm³/mol. The van der Waals surface area contributed by atoms with Gasteiger partial charge in [0.15, 0.2) is 0 Å². The maximum atomic E-state index is 13.5. The number of halogens is 3. The van der Waals surface area contributed by atoms with Crippen molar-refractivity contribution in [3.05, 3.63) is 40.2 Å². The lowest BCUT2D eigenvalue weighted by Crippen LogP contribution is -1.96. The molecule has 0 nitrogen and oxygen atoms in total. The Labute approximate surface area is 103 Å². The topological polar surface area (TPSA) is 0 Å². The average Bonchev–Trinajstić information content (AvgIpc) is 2.17. The Morgan fingerprint density at radius 2 is 2.20 bits per heavy atom. The first-order chi connectivity index (χ1) is 7.06. The summed E-state index contributed by atoms with van der Waals surface area (Å²) in [5, 5.41) is 1.18. The molecular weight excluding hydrogens is 278 g/mol. The van der Waals surface area contributed by atoms with Crippen molar-refractivity contribution in [1.82, 2.24) is 0 Å². The molecule has 15 heavy (non-hydrogen) atoms. The summed E-state index contributed by atoms with van der Waals surface area (Å²) in [6.45, 7) is 4.14. The number of allylic oxidation sites excluding steroid dienone is 1. The Bertz CT molecular complexity index is 352. The Morgan fingerprint density at radius 3 is 2.67 bits per heavy atom. The first kappa shape index (κ1) is 12.7. The van der Waals surface area contributed by atoms with E-state index in [0.717, 1.165) is 10.9 Å². The van der Waals surface area contributed by atoms with Crippen molar-refractivity contribution in [3.8, 4) is 0 Å². The van der Waals surface area contributed by atoms with Crippen LogP contribution in [0.15, 0.2) is 23.8 Å². The molecule has 0 aromatic heterocycles. The van der Waals surface area contributed by atoms with Crippen molar-refractivity contribution in [2.24, 2.45) is 5.92 Å². The van der Waals surface area contributed by atoms with Crippen LogP contribution in [0.25, 0.3) is 6.08 Å². The van der Waals surface area contributed by atoms with E-state index in [2.05, 4.69) is 29.8 Å². The van der Waals surface area contributed by atoms with Gasteiger partial charge in [0.1, 0.15) is 5.82 Å². The average molecular weight is 292 g/mol. The number of alkyl halides is 1. The van der Waals surface area contributed by atoms with Crippen LogP contribution in [0.3, 0.4) is 0 Å². The molecule has 0 atom stereocenters. The van der Waals surface area contributed by atoms with Gasteiger partial charge in [-0.3, -0.25) is 0 Å². The molecule has 0 aliphatic carbocycles. The molecular formula is C12H13BrClF. The minimum atomic E-state index is -0.276. The zero-order valence-corrected chi connectivity index (χ0v) is 11.1. The van der Waals surface area contributed by atoms with Gasteiger partial charge in [0, 0.05) is 10.9 Å². The minimum Gasteiger partial charge on any atom is -0.206 e. The summed E-state index contributed by atoms with van der Waals surface area (Å²) in [7, 11) is 0. The van der Waals surface area contributed by atoms with Crippen LogP contribution in [-0.2, 0) is 0 Å². The van der Waals surface area contributed by atoms with Gasteiger partial charge >= 0.3 is 0 Å². The smallest absolute Gasteiger partial charge is 0.131 e. The van der Waals surface area contributed by atoms with Crippen molar-refractivity contribution in [3.63, 3.8) is 0 Å². The van der Waals surface area contributed by atoms with Gasteiger partial charge in [-0.2, -0.15) is 0 Å². The fraction of sp³-hybridized carbons (Fsp3) is 0.333. The zero-order valence-electron chi connectivity index (χ0n) is 8.73. The molecule has 0 N–H and O–H groups in total. The zero-order chi connectivity index (χ0) is 11.4. The standard InChI is InChI=1S/C12H13BrClF/c1-8(2)9(7-13)6-10-11(14)4-3-5-12(10)15/h3-6,8H,7H2,1-2H3/b9-6+. The highest BCUT2D eigenvalue weighted by atomic mass is 79.9. The SMILES string of the molecule is CC(C)/C(=C/c1c(F)cccc1Cl)CBr. The molecule has 0 unspecified atom stereocenters. The van der Waals surface area contributed by atoms with Gasteiger partial charge < -0.3 is 0 Å². The van der Waals surface area contributed by atoms with Crippen LogP contribution in [0.4, 0.5) is 4.39 Å². The molecule has 0 aliphatic heterocycles. The third-order valence-electron chi connectivity index (χ3n) is 2.23. The van der Waals surface area contributed by atoms with Crippen LogP contribution in [-0.4, -0.2) is 5.33 Å². The van der Waals surface area contributed by atoms with E-state index in [1.54, 1.807) is 12.1 Å². The normalized spacial score (nSPS) is 12.3. The molecule has 0 heterocycles. The minimum absolute atomic E-state index is 0.276. The molecule has 0 saturated carbocycles. The molecule has 0 aliphatic rings. The van der Waals surface area contributed by atoms with Gasteiger partial charge in [0.2, 0.25) is 0 Å². The molecule has 0 radical (unpaired) electrons. The van der Waals surface area contributed by atoms with E-state index < -0.39 is 0 Å². The number of rotatable bonds is 3. The number of hydrogen-bond donors (Lipinski definition) is 0. The summed E-state index contributed by atoms with van der Waals surface area (Å²) in [5.74, 6) is 0.0987. The molecule has 1 aromatic carbocycles. The Kier molecular flexibility index (Phi) is 4.81. The second-order valence-electron chi connectivity index (χ2n) is 3.64. The fourth-order valence-corrected chi connectivity index (χ4v) is 2.22. The van der Waals surface area contributed by atoms with Crippen molar-refractivity contribution < 1.29 is 4.39 Å². The van der Waals surface area contributed by atoms with Crippen LogP contribution in [0, 0.1) is 11.7 Å². The van der Waals surface area contributed by atoms with Crippen LogP contribution in [0.2, 0.25) is 5.02 Å². The van der Waals surface area contributed by atoms with Gasteiger partial charge in [0.05, 0.1) is 5.02 Å². The van der Waals surface area contributed by atoms with E-state index in [4.69, 9.17) is 11.6 Å². The molecule has 1 aromatic rings. The predicted octanol–water partition coefficient (Wildman–Crippen LogP) is 4.91. The van der Waals surface area contributed by atoms with Gasteiger partial charge in [-0.05, 0) is 18.1 Å². The van der Waals surface area contributed by atoms with Crippen LogP contribution < -0.4 is 0 Å². The summed E-state index contributed by atoms with van der Waals surface area (Å²) >= 11 is 9.32. The molecule has 0 bridgehead atoms. The molecule has 0 saturated heterocycles. The third kappa shape index (κ3) is 3.32. The molecule has 0 fully saturated rings. The maximum absolute atomic E-state index is 13.5.